The zero-order valence-electron chi connectivity index (χ0n) is 13.2. The minimum atomic E-state index is -0.337. The van der Waals surface area contributed by atoms with Crippen molar-refractivity contribution in [2.45, 2.75) is 37.8 Å². The number of ether oxygens (including phenoxy) is 1. The maximum absolute atomic E-state index is 12.0. The Hall–Kier alpha value is -2.82. The molecule has 3 rings (SSSR count). The van der Waals surface area contributed by atoms with Gasteiger partial charge in [-0.3, -0.25) is 0 Å². The highest BCUT2D eigenvalue weighted by molar-refractivity contribution is 5.95. The van der Waals surface area contributed by atoms with Gasteiger partial charge < -0.3 is 15.4 Å². The second kappa shape index (κ2) is 7.17. The smallest absolute Gasteiger partial charge is 0.325 e. The Morgan fingerprint density at radius 2 is 2.17 bits per heavy atom. The lowest BCUT2D eigenvalue weighted by atomic mass is 9.93. The van der Waals surface area contributed by atoms with E-state index >= 15 is 0 Å². The van der Waals surface area contributed by atoms with Gasteiger partial charge in [-0.05, 0) is 31.7 Å². The Bertz CT molecular complexity index is 647. The molecule has 2 fully saturated rings. The van der Waals surface area contributed by atoms with Crippen LogP contribution in [-0.2, 0) is 0 Å². The second-order valence-electron chi connectivity index (χ2n) is 5.92. The van der Waals surface area contributed by atoms with Crippen molar-refractivity contribution in [1.82, 2.24) is 20.5 Å². The molecule has 2 heterocycles. The summed E-state index contributed by atoms with van der Waals surface area (Å²) < 4.78 is 5.82. The van der Waals surface area contributed by atoms with Crippen molar-refractivity contribution in [2.75, 3.05) is 13.1 Å². The molecule has 1 saturated carbocycles. The van der Waals surface area contributed by atoms with Gasteiger partial charge in [-0.25, -0.2) is 19.5 Å². The summed E-state index contributed by atoms with van der Waals surface area (Å²) >= 11 is 0. The van der Waals surface area contributed by atoms with Crippen LogP contribution in [0.2, 0.25) is 0 Å². The SMILES string of the molecule is N#Cc1ccc(OC2CCC(NC(=O)N3CCNC3=O)CC2)nc1. The fraction of sp³-hybridized carbons (Fsp3) is 0.500. The monoisotopic (exact) mass is 329 g/mol. The number of aromatic nitrogens is 1. The summed E-state index contributed by atoms with van der Waals surface area (Å²) in [6.07, 6.45) is 4.73. The first-order valence-electron chi connectivity index (χ1n) is 8.04. The molecular formula is C16H19N5O3. The van der Waals surface area contributed by atoms with Gasteiger partial charge in [0.15, 0.2) is 0 Å². The van der Waals surface area contributed by atoms with E-state index in [2.05, 4.69) is 15.6 Å². The summed E-state index contributed by atoms with van der Waals surface area (Å²) in [5.41, 5.74) is 0.500. The number of nitrogens with zero attached hydrogens (tertiary/aromatic N) is 3. The molecule has 1 aromatic heterocycles. The van der Waals surface area contributed by atoms with Gasteiger partial charge in [-0.1, -0.05) is 0 Å². The number of amides is 4. The van der Waals surface area contributed by atoms with E-state index in [-0.39, 0.29) is 24.2 Å². The number of hydrogen-bond donors (Lipinski definition) is 2. The van der Waals surface area contributed by atoms with Gasteiger partial charge in [0.1, 0.15) is 12.2 Å². The topological polar surface area (TPSA) is 107 Å². The highest BCUT2D eigenvalue weighted by Gasteiger charge is 2.29. The van der Waals surface area contributed by atoms with E-state index in [1.807, 2.05) is 6.07 Å². The zero-order valence-corrected chi connectivity index (χ0v) is 13.2. The van der Waals surface area contributed by atoms with Gasteiger partial charge in [-0.15, -0.1) is 0 Å². The number of hydrogen-bond acceptors (Lipinski definition) is 5. The molecule has 2 aliphatic rings. The number of urea groups is 2. The molecule has 1 aromatic rings. The molecule has 126 valence electrons. The molecular weight excluding hydrogens is 310 g/mol. The molecule has 1 saturated heterocycles. The molecule has 24 heavy (non-hydrogen) atoms. The van der Waals surface area contributed by atoms with Crippen molar-refractivity contribution in [3.63, 3.8) is 0 Å². The highest BCUT2D eigenvalue weighted by Crippen LogP contribution is 2.23. The molecule has 0 bridgehead atoms. The predicted molar refractivity (Wildman–Crippen MR) is 84.3 cm³/mol. The number of nitrogens with one attached hydrogen (secondary N) is 2. The molecule has 1 aliphatic heterocycles. The zero-order chi connectivity index (χ0) is 16.9. The Morgan fingerprint density at radius 3 is 2.75 bits per heavy atom. The normalized spacial score (nSPS) is 23.3. The lowest BCUT2D eigenvalue weighted by Gasteiger charge is -2.30. The number of pyridine rings is 1. The van der Waals surface area contributed by atoms with Crippen LogP contribution in [0, 0.1) is 11.3 Å². The van der Waals surface area contributed by atoms with Crippen LogP contribution >= 0.6 is 0 Å². The van der Waals surface area contributed by atoms with Crippen LogP contribution in [0.3, 0.4) is 0 Å². The summed E-state index contributed by atoms with van der Waals surface area (Å²) in [6, 6.07) is 4.77. The summed E-state index contributed by atoms with van der Waals surface area (Å²) in [5.74, 6) is 0.509. The molecule has 0 radical (unpaired) electrons. The minimum Gasteiger partial charge on any atom is -0.474 e. The van der Waals surface area contributed by atoms with Crippen LogP contribution in [0.4, 0.5) is 9.59 Å². The van der Waals surface area contributed by atoms with Crippen LogP contribution in [0.5, 0.6) is 5.88 Å². The molecule has 8 nitrogen and oxygen atoms in total. The highest BCUT2D eigenvalue weighted by atomic mass is 16.5. The van der Waals surface area contributed by atoms with Crippen molar-refractivity contribution in [3.8, 4) is 11.9 Å². The van der Waals surface area contributed by atoms with Gasteiger partial charge in [0.05, 0.1) is 5.56 Å². The van der Waals surface area contributed by atoms with Crippen molar-refractivity contribution in [2.24, 2.45) is 0 Å². The van der Waals surface area contributed by atoms with Crippen LogP contribution < -0.4 is 15.4 Å². The third-order valence-electron chi connectivity index (χ3n) is 4.26. The fourth-order valence-corrected chi connectivity index (χ4v) is 2.93. The van der Waals surface area contributed by atoms with Crippen molar-refractivity contribution in [3.05, 3.63) is 23.9 Å². The van der Waals surface area contributed by atoms with Gasteiger partial charge in [0, 0.05) is 31.4 Å². The number of imide groups is 1. The number of rotatable bonds is 3. The van der Waals surface area contributed by atoms with E-state index in [0.29, 0.717) is 24.5 Å². The van der Waals surface area contributed by atoms with Crippen LogP contribution in [0.1, 0.15) is 31.2 Å². The van der Waals surface area contributed by atoms with E-state index in [1.165, 1.54) is 11.1 Å². The van der Waals surface area contributed by atoms with E-state index < -0.39 is 0 Å². The Balaban J connectivity index is 1.44. The molecule has 0 atom stereocenters. The Morgan fingerprint density at radius 1 is 1.38 bits per heavy atom. The third-order valence-corrected chi connectivity index (χ3v) is 4.26. The van der Waals surface area contributed by atoms with Crippen LogP contribution in [0.15, 0.2) is 18.3 Å². The molecule has 0 aromatic carbocycles. The summed E-state index contributed by atoms with van der Waals surface area (Å²) in [7, 11) is 0. The Kier molecular flexibility index (Phi) is 4.79. The Labute approximate surface area is 139 Å². The number of carbonyl (C=O) groups is 2. The molecule has 2 N–H and O–H groups in total. The summed E-state index contributed by atoms with van der Waals surface area (Å²) in [6.45, 7) is 0.915. The first-order valence-corrected chi connectivity index (χ1v) is 8.04. The maximum Gasteiger partial charge on any atom is 0.325 e. The molecule has 4 amide bonds. The molecule has 1 aliphatic carbocycles. The molecule has 0 unspecified atom stereocenters. The number of nitriles is 1. The summed E-state index contributed by atoms with van der Waals surface area (Å²) in [4.78, 5) is 28.8. The van der Waals surface area contributed by atoms with Gasteiger partial charge >= 0.3 is 12.1 Å². The maximum atomic E-state index is 12.0. The summed E-state index contributed by atoms with van der Waals surface area (Å²) in [5, 5.41) is 14.3. The first-order chi connectivity index (χ1) is 11.7. The predicted octanol–water partition coefficient (Wildman–Crippen LogP) is 1.38. The van der Waals surface area contributed by atoms with Gasteiger partial charge in [0.25, 0.3) is 0 Å². The van der Waals surface area contributed by atoms with E-state index in [0.717, 1.165) is 25.7 Å². The standard InChI is InChI=1S/C16H19N5O3/c17-9-11-1-6-14(19-10-11)24-13-4-2-12(3-5-13)20-16(23)21-8-7-18-15(21)22/h1,6,10,12-13H,2-5,7-8H2,(H,18,22)(H,20,23). The third kappa shape index (κ3) is 3.74. The second-order valence-corrected chi connectivity index (χ2v) is 5.92. The van der Waals surface area contributed by atoms with Gasteiger partial charge in [0.2, 0.25) is 5.88 Å². The van der Waals surface area contributed by atoms with Gasteiger partial charge in [-0.2, -0.15) is 5.26 Å². The van der Waals surface area contributed by atoms with Crippen molar-refractivity contribution < 1.29 is 14.3 Å². The number of carbonyl (C=O) groups excluding carboxylic acids is 2. The lowest BCUT2D eigenvalue weighted by molar-refractivity contribution is 0.132. The molecule has 0 spiro atoms. The van der Waals surface area contributed by atoms with Crippen LogP contribution in [-0.4, -0.2) is 47.2 Å². The van der Waals surface area contributed by atoms with E-state index in [9.17, 15) is 9.59 Å². The average Bonchev–Trinajstić information content (AvgIpc) is 3.03. The molecule has 8 heteroatoms. The van der Waals surface area contributed by atoms with Crippen LogP contribution in [0.25, 0.3) is 0 Å². The quantitative estimate of drug-likeness (QED) is 0.871. The van der Waals surface area contributed by atoms with E-state index in [4.69, 9.17) is 10.00 Å². The van der Waals surface area contributed by atoms with Crippen molar-refractivity contribution in [1.29, 1.82) is 5.26 Å². The average molecular weight is 329 g/mol. The minimum absolute atomic E-state index is 0.0497. The fourth-order valence-electron chi connectivity index (χ4n) is 2.93. The lowest BCUT2D eigenvalue weighted by Crippen LogP contribution is -2.47. The first kappa shape index (κ1) is 16.1. The largest absolute Gasteiger partial charge is 0.474 e. The van der Waals surface area contributed by atoms with Crippen molar-refractivity contribution >= 4 is 12.1 Å². The van der Waals surface area contributed by atoms with E-state index in [1.54, 1.807) is 12.1 Å².